The SMILES string of the molecule is CC(CN1CCCC1)Cn1c(N)nc2cc(F)c(Cl)cc21. The van der Waals surface area contributed by atoms with E-state index in [2.05, 4.69) is 16.8 Å². The lowest BCUT2D eigenvalue weighted by Gasteiger charge is -2.21. The van der Waals surface area contributed by atoms with E-state index in [0.717, 1.165) is 18.6 Å². The van der Waals surface area contributed by atoms with Crippen LogP contribution in [-0.2, 0) is 6.54 Å². The summed E-state index contributed by atoms with van der Waals surface area (Å²) in [6.07, 6.45) is 2.58. The first-order chi connectivity index (χ1) is 10.0. The first-order valence-electron chi connectivity index (χ1n) is 7.37. The molecule has 4 nitrogen and oxygen atoms in total. The standard InChI is InChI=1S/C15H20ClFN4/c1-10(8-20-4-2-3-5-20)9-21-14-6-11(16)12(17)7-13(14)19-15(21)18/h6-7,10H,2-5,8-9H2,1H3,(H2,18,19). The van der Waals surface area contributed by atoms with Gasteiger partial charge in [0.05, 0.1) is 16.1 Å². The van der Waals surface area contributed by atoms with E-state index >= 15 is 0 Å². The molecule has 2 heterocycles. The number of fused-ring (bicyclic) bond motifs is 1. The normalized spacial score (nSPS) is 17.7. The quantitative estimate of drug-likeness (QED) is 0.943. The summed E-state index contributed by atoms with van der Waals surface area (Å²) < 4.78 is 15.4. The van der Waals surface area contributed by atoms with Crippen molar-refractivity contribution in [3.05, 3.63) is 23.0 Å². The van der Waals surface area contributed by atoms with Gasteiger partial charge >= 0.3 is 0 Å². The fraction of sp³-hybridized carbons (Fsp3) is 0.533. The van der Waals surface area contributed by atoms with Crippen molar-refractivity contribution in [1.82, 2.24) is 14.5 Å². The lowest BCUT2D eigenvalue weighted by molar-refractivity contribution is 0.273. The van der Waals surface area contributed by atoms with Crippen LogP contribution >= 0.6 is 11.6 Å². The van der Waals surface area contributed by atoms with Gasteiger partial charge in [-0.25, -0.2) is 9.37 Å². The Morgan fingerprint density at radius 3 is 2.76 bits per heavy atom. The molecule has 1 aromatic carbocycles. The molecule has 3 rings (SSSR count). The van der Waals surface area contributed by atoms with Crippen molar-refractivity contribution in [3.8, 4) is 0 Å². The number of nitrogens with two attached hydrogens (primary N) is 1. The molecule has 1 fully saturated rings. The third kappa shape index (κ3) is 2.99. The van der Waals surface area contributed by atoms with Gasteiger partial charge in [-0.3, -0.25) is 0 Å². The second-order valence-electron chi connectivity index (χ2n) is 5.95. The van der Waals surface area contributed by atoms with Gasteiger partial charge < -0.3 is 15.2 Å². The summed E-state index contributed by atoms with van der Waals surface area (Å²) in [5.74, 6) is 0.408. The molecule has 0 bridgehead atoms. The maximum absolute atomic E-state index is 13.5. The highest BCUT2D eigenvalue weighted by atomic mass is 35.5. The zero-order valence-corrected chi connectivity index (χ0v) is 12.9. The number of halogens is 2. The Bertz CT molecular complexity index is 649. The number of hydrogen-bond acceptors (Lipinski definition) is 3. The van der Waals surface area contributed by atoms with Crippen LogP contribution in [0.15, 0.2) is 12.1 Å². The average molecular weight is 311 g/mol. The van der Waals surface area contributed by atoms with Gasteiger partial charge in [0.25, 0.3) is 0 Å². The molecule has 2 N–H and O–H groups in total. The van der Waals surface area contributed by atoms with Crippen LogP contribution in [-0.4, -0.2) is 34.1 Å². The zero-order chi connectivity index (χ0) is 15.0. The van der Waals surface area contributed by atoms with E-state index in [1.54, 1.807) is 6.07 Å². The number of nitrogen functional groups attached to an aromatic ring is 1. The summed E-state index contributed by atoms with van der Waals surface area (Å²) in [5.41, 5.74) is 7.34. The Kier molecular flexibility index (Phi) is 4.04. The van der Waals surface area contributed by atoms with Crippen LogP contribution in [0.25, 0.3) is 11.0 Å². The Hall–Kier alpha value is -1.33. The van der Waals surface area contributed by atoms with Gasteiger partial charge in [0.15, 0.2) is 0 Å². The fourth-order valence-electron chi connectivity index (χ4n) is 3.11. The lowest BCUT2D eigenvalue weighted by atomic mass is 10.1. The Balaban J connectivity index is 1.82. The highest BCUT2D eigenvalue weighted by Gasteiger charge is 2.18. The van der Waals surface area contributed by atoms with Crippen molar-refractivity contribution in [2.24, 2.45) is 5.92 Å². The summed E-state index contributed by atoms with van der Waals surface area (Å²) in [4.78, 5) is 6.71. The second kappa shape index (κ2) is 5.81. The largest absolute Gasteiger partial charge is 0.369 e. The van der Waals surface area contributed by atoms with Crippen LogP contribution in [0, 0.1) is 11.7 Å². The third-order valence-electron chi connectivity index (χ3n) is 4.08. The van der Waals surface area contributed by atoms with E-state index in [-0.39, 0.29) is 5.02 Å². The molecule has 6 heteroatoms. The number of aromatic nitrogens is 2. The van der Waals surface area contributed by atoms with Gasteiger partial charge in [-0.1, -0.05) is 18.5 Å². The third-order valence-corrected chi connectivity index (χ3v) is 4.37. The number of anilines is 1. The second-order valence-corrected chi connectivity index (χ2v) is 6.36. The molecule has 0 aliphatic carbocycles. The molecule has 1 aromatic heterocycles. The van der Waals surface area contributed by atoms with Gasteiger partial charge in [-0.2, -0.15) is 0 Å². The van der Waals surface area contributed by atoms with Crippen molar-refractivity contribution in [3.63, 3.8) is 0 Å². The molecule has 1 aliphatic heterocycles. The Morgan fingerprint density at radius 1 is 1.33 bits per heavy atom. The fourth-order valence-corrected chi connectivity index (χ4v) is 3.26. The topological polar surface area (TPSA) is 47.1 Å². The van der Waals surface area contributed by atoms with Crippen LogP contribution in [0.3, 0.4) is 0 Å². The summed E-state index contributed by atoms with van der Waals surface area (Å²) in [7, 11) is 0. The molecule has 1 aliphatic rings. The first kappa shape index (κ1) is 14.6. The van der Waals surface area contributed by atoms with Gasteiger partial charge in [0, 0.05) is 19.2 Å². The number of rotatable bonds is 4. The van der Waals surface area contributed by atoms with Crippen LogP contribution in [0.2, 0.25) is 5.02 Å². The maximum Gasteiger partial charge on any atom is 0.201 e. The van der Waals surface area contributed by atoms with Crippen LogP contribution in [0.4, 0.5) is 10.3 Å². The molecule has 0 spiro atoms. The lowest BCUT2D eigenvalue weighted by Crippen LogP contribution is -2.27. The minimum absolute atomic E-state index is 0.107. The van der Waals surface area contributed by atoms with E-state index in [9.17, 15) is 4.39 Å². The summed E-state index contributed by atoms with van der Waals surface area (Å²) in [5, 5.41) is 0.107. The average Bonchev–Trinajstić information content (AvgIpc) is 3.01. The van der Waals surface area contributed by atoms with Crippen molar-refractivity contribution in [1.29, 1.82) is 0 Å². The molecule has 1 atom stereocenters. The van der Waals surface area contributed by atoms with E-state index in [0.29, 0.717) is 17.4 Å². The molecule has 2 aromatic rings. The van der Waals surface area contributed by atoms with Crippen molar-refractivity contribution >= 4 is 28.6 Å². The molecular formula is C15H20ClFN4. The van der Waals surface area contributed by atoms with Crippen LogP contribution in [0.1, 0.15) is 19.8 Å². The van der Waals surface area contributed by atoms with E-state index in [1.807, 2.05) is 4.57 Å². The van der Waals surface area contributed by atoms with E-state index in [4.69, 9.17) is 17.3 Å². The molecule has 0 amide bonds. The molecule has 114 valence electrons. The van der Waals surface area contributed by atoms with Gasteiger partial charge in [0.2, 0.25) is 5.95 Å². The minimum Gasteiger partial charge on any atom is -0.369 e. The molecule has 21 heavy (non-hydrogen) atoms. The predicted octanol–water partition coefficient (Wildman–Crippen LogP) is 3.14. The first-order valence-corrected chi connectivity index (χ1v) is 7.75. The molecule has 1 saturated heterocycles. The van der Waals surface area contributed by atoms with Gasteiger partial charge in [0.1, 0.15) is 5.82 Å². The highest BCUT2D eigenvalue weighted by Crippen LogP contribution is 2.25. The number of hydrogen-bond donors (Lipinski definition) is 1. The molecular weight excluding hydrogens is 291 g/mol. The smallest absolute Gasteiger partial charge is 0.201 e. The Labute approximate surface area is 128 Å². The summed E-state index contributed by atoms with van der Waals surface area (Å²) in [6.45, 7) is 6.38. The monoisotopic (exact) mass is 310 g/mol. The number of likely N-dealkylation sites (tertiary alicyclic amines) is 1. The molecule has 0 radical (unpaired) electrons. The van der Waals surface area contributed by atoms with E-state index < -0.39 is 5.82 Å². The van der Waals surface area contributed by atoms with E-state index in [1.165, 1.54) is 32.0 Å². The van der Waals surface area contributed by atoms with Crippen LogP contribution < -0.4 is 5.73 Å². The zero-order valence-electron chi connectivity index (χ0n) is 12.1. The van der Waals surface area contributed by atoms with Crippen LogP contribution in [0.5, 0.6) is 0 Å². The summed E-state index contributed by atoms with van der Waals surface area (Å²) >= 11 is 5.88. The predicted molar refractivity (Wildman–Crippen MR) is 84.0 cm³/mol. The van der Waals surface area contributed by atoms with Gasteiger partial charge in [-0.15, -0.1) is 0 Å². The minimum atomic E-state index is -0.459. The summed E-state index contributed by atoms with van der Waals surface area (Å²) in [6, 6.07) is 2.95. The maximum atomic E-state index is 13.5. The molecule has 0 saturated carbocycles. The highest BCUT2D eigenvalue weighted by molar-refractivity contribution is 6.31. The number of nitrogens with zero attached hydrogens (tertiary/aromatic N) is 3. The Morgan fingerprint density at radius 2 is 2.05 bits per heavy atom. The van der Waals surface area contributed by atoms with Crippen molar-refractivity contribution in [2.45, 2.75) is 26.3 Å². The number of imidazole rings is 1. The number of benzene rings is 1. The van der Waals surface area contributed by atoms with Crippen molar-refractivity contribution in [2.75, 3.05) is 25.4 Å². The van der Waals surface area contributed by atoms with Crippen molar-refractivity contribution < 1.29 is 4.39 Å². The van der Waals surface area contributed by atoms with Gasteiger partial charge in [-0.05, 0) is 37.9 Å². The molecule has 1 unspecified atom stereocenters.